The lowest BCUT2D eigenvalue weighted by molar-refractivity contribution is -0.139. The maximum Gasteiger partial charge on any atom is 0.304 e. The molecule has 1 unspecified atom stereocenters. The Bertz CT molecular complexity index is 1210. The molecule has 2 aromatic carbocycles. The summed E-state index contributed by atoms with van der Waals surface area (Å²) in [7, 11) is -1.10. The van der Waals surface area contributed by atoms with Gasteiger partial charge in [0.05, 0.1) is 5.69 Å². The fraction of sp³-hybridized carbons (Fsp3) is 0.500. The van der Waals surface area contributed by atoms with E-state index in [0.29, 0.717) is 5.69 Å². The summed E-state index contributed by atoms with van der Waals surface area (Å²) in [5.41, 5.74) is 4.02. The molecular weight excluding hydrogens is 488 g/mol. The SMILES string of the molecule is Cc1ccc(CN(C(=O)CN(c2cc(C)ccc2C)S(=O)(=O)N(C)C)C(C)C(=O)NC2CCCC2)cc1. The number of nitrogens with zero attached hydrogens (tertiary/aromatic N) is 3. The van der Waals surface area contributed by atoms with Gasteiger partial charge in [-0.15, -0.1) is 0 Å². The summed E-state index contributed by atoms with van der Waals surface area (Å²) >= 11 is 0. The zero-order valence-corrected chi connectivity index (χ0v) is 23.6. The maximum absolute atomic E-state index is 13.9. The second-order valence-electron chi connectivity index (χ2n) is 10.3. The van der Waals surface area contributed by atoms with Crippen molar-refractivity contribution in [1.82, 2.24) is 14.5 Å². The van der Waals surface area contributed by atoms with Crippen LogP contribution < -0.4 is 9.62 Å². The Kier molecular flexibility index (Phi) is 9.36. The summed E-state index contributed by atoms with van der Waals surface area (Å²) in [6.45, 7) is 7.17. The van der Waals surface area contributed by atoms with E-state index < -0.39 is 28.7 Å². The van der Waals surface area contributed by atoms with Crippen LogP contribution in [0.25, 0.3) is 0 Å². The molecule has 37 heavy (non-hydrogen) atoms. The molecule has 2 amide bonds. The number of anilines is 1. The largest absolute Gasteiger partial charge is 0.352 e. The van der Waals surface area contributed by atoms with Crippen molar-refractivity contribution >= 4 is 27.7 Å². The van der Waals surface area contributed by atoms with E-state index in [4.69, 9.17) is 0 Å². The molecule has 0 saturated heterocycles. The monoisotopic (exact) mass is 528 g/mol. The standard InChI is InChI=1S/C28H40N4O4S/c1-20-12-15-24(16-13-20)18-31(23(4)28(34)29-25-9-7-8-10-25)27(33)19-32(37(35,36)30(5)6)26-17-21(2)11-14-22(26)3/h11-17,23,25H,7-10,18-19H2,1-6H3,(H,29,34). The fourth-order valence-electron chi connectivity index (χ4n) is 4.55. The maximum atomic E-state index is 13.9. The highest BCUT2D eigenvalue weighted by Gasteiger charge is 2.34. The van der Waals surface area contributed by atoms with Crippen LogP contribution in [0.4, 0.5) is 5.69 Å². The van der Waals surface area contributed by atoms with Crippen LogP contribution in [0, 0.1) is 20.8 Å². The minimum absolute atomic E-state index is 0.117. The van der Waals surface area contributed by atoms with Crippen molar-refractivity contribution in [2.45, 2.75) is 72.0 Å². The minimum Gasteiger partial charge on any atom is -0.352 e. The Morgan fingerprint density at radius 2 is 1.57 bits per heavy atom. The molecule has 8 nitrogen and oxygen atoms in total. The number of nitrogens with one attached hydrogen (secondary N) is 1. The van der Waals surface area contributed by atoms with Gasteiger partial charge in [0.2, 0.25) is 11.8 Å². The van der Waals surface area contributed by atoms with Crippen molar-refractivity contribution in [3.8, 4) is 0 Å². The van der Waals surface area contributed by atoms with Crippen LogP contribution in [0.15, 0.2) is 42.5 Å². The van der Waals surface area contributed by atoms with E-state index in [1.807, 2.05) is 57.2 Å². The second-order valence-corrected chi connectivity index (χ2v) is 12.3. The molecule has 1 fully saturated rings. The molecule has 1 aliphatic carbocycles. The number of carbonyl (C=O) groups excluding carboxylic acids is 2. The molecule has 3 rings (SSSR count). The van der Waals surface area contributed by atoms with Crippen LogP contribution >= 0.6 is 0 Å². The average Bonchev–Trinajstić information content (AvgIpc) is 3.36. The van der Waals surface area contributed by atoms with E-state index in [1.54, 1.807) is 13.0 Å². The molecule has 2 aromatic rings. The molecule has 1 atom stereocenters. The van der Waals surface area contributed by atoms with Crippen molar-refractivity contribution in [2.75, 3.05) is 24.9 Å². The Labute approximate surface area is 221 Å². The first-order valence-electron chi connectivity index (χ1n) is 12.8. The third-order valence-corrected chi connectivity index (χ3v) is 8.80. The number of hydrogen-bond donors (Lipinski definition) is 1. The molecule has 0 heterocycles. The zero-order chi connectivity index (χ0) is 27.3. The molecule has 202 valence electrons. The predicted molar refractivity (Wildman–Crippen MR) is 147 cm³/mol. The van der Waals surface area contributed by atoms with Crippen molar-refractivity contribution in [3.63, 3.8) is 0 Å². The third-order valence-electron chi connectivity index (χ3n) is 6.99. The van der Waals surface area contributed by atoms with Gasteiger partial charge >= 0.3 is 10.2 Å². The predicted octanol–water partition coefficient (Wildman–Crippen LogP) is 3.70. The average molecular weight is 529 g/mol. The van der Waals surface area contributed by atoms with Gasteiger partial charge in [-0.3, -0.25) is 9.59 Å². The summed E-state index contributed by atoms with van der Waals surface area (Å²) in [6, 6.07) is 12.6. The van der Waals surface area contributed by atoms with Crippen LogP contribution in [-0.4, -0.2) is 62.2 Å². The van der Waals surface area contributed by atoms with E-state index in [9.17, 15) is 18.0 Å². The molecule has 1 saturated carbocycles. The lowest BCUT2D eigenvalue weighted by Crippen LogP contribution is -2.53. The Morgan fingerprint density at radius 3 is 2.16 bits per heavy atom. The molecule has 1 aliphatic rings. The van der Waals surface area contributed by atoms with Crippen molar-refractivity contribution in [1.29, 1.82) is 0 Å². The van der Waals surface area contributed by atoms with E-state index in [-0.39, 0.29) is 18.5 Å². The van der Waals surface area contributed by atoms with Crippen LogP contribution in [-0.2, 0) is 26.3 Å². The van der Waals surface area contributed by atoms with Crippen molar-refractivity contribution in [2.24, 2.45) is 0 Å². The van der Waals surface area contributed by atoms with Crippen molar-refractivity contribution in [3.05, 3.63) is 64.7 Å². The highest BCUT2D eigenvalue weighted by atomic mass is 32.2. The van der Waals surface area contributed by atoms with Gasteiger partial charge in [0.1, 0.15) is 12.6 Å². The Hall–Kier alpha value is -2.91. The van der Waals surface area contributed by atoms with Gasteiger partial charge in [0.25, 0.3) is 0 Å². The normalized spacial score (nSPS) is 15.0. The summed E-state index contributed by atoms with van der Waals surface area (Å²) in [5.74, 6) is -0.665. The minimum atomic E-state index is -3.98. The summed E-state index contributed by atoms with van der Waals surface area (Å²) < 4.78 is 29.0. The lowest BCUT2D eigenvalue weighted by Gasteiger charge is -2.33. The van der Waals surface area contributed by atoms with Crippen LogP contribution in [0.3, 0.4) is 0 Å². The van der Waals surface area contributed by atoms with Crippen LogP contribution in [0.5, 0.6) is 0 Å². The first kappa shape index (κ1) is 28.7. The molecule has 9 heteroatoms. The summed E-state index contributed by atoms with van der Waals surface area (Å²) in [4.78, 5) is 28.6. The molecule has 0 spiro atoms. The van der Waals surface area contributed by atoms with E-state index in [1.165, 1.54) is 19.0 Å². The molecule has 0 aromatic heterocycles. The fourth-order valence-corrected chi connectivity index (χ4v) is 5.67. The van der Waals surface area contributed by atoms with Gasteiger partial charge in [-0.05, 0) is 63.3 Å². The second kappa shape index (κ2) is 12.1. The summed E-state index contributed by atoms with van der Waals surface area (Å²) in [6.07, 6.45) is 4.04. The smallest absolute Gasteiger partial charge is 0.304 e. The molecular formula is C28H40N4O4S. The first-order valence-corrected chi connectivity index (χ1v) is 14.2. The highest BCUT2D eigenvalue weighted by molar-refractivity contribution is 7.90. The quantitative estimate of drug-likeness (QED) is 0.509. The van der Waals surface area contributed by atoms with Crippen molar-refractivity contribution < 1.29 is 18.0 Å². The number of rotatable bonds is 10. The number of benzene rings is 2. The molecule has 0 radical (unpaired) electrons. The topological polar surface area (TPSA) is 90.0 Å². The number of hydrogen-bond acceptors (Lipinski definition) is 4. The first-order chi connectivity index (χ1) is 17.4. The lowest BCUT2D eigenvalue weighted by atomic mass is 10.1. The van der Waals surface area contributed by atoms with Crippen LogP contribution in [0.2, 0.25) is 0 Å². The van der Waals surface area contributed by atoms with E-state index in [0.717, 1.165) is 56.5 Å². The molecule has 0 aliphatic heterocycles. The number of amides is 2. The van der Waals surface area contributed by atoms with Gasteiger partial charge < -0.3 is 10.2 Å². The van der Waals surface area contributed by atoms with E-state index in [2.05, 4.69) is 5.32 Å². The van der Waals surface area contributed by atoms with Gasteiger partial charge in [0, 0.05) is 26.7 Å². The molecule has 1 N–H and O–H groups in total. The van der Waals surface area contributed by atoms with Gasteiger partial charge in [-0.2, -0.15) is 12.7 Å². The number of aryl methyl sites for hydroxylation is 3. The third kappa shape index (κ3) is 7.11. The highest BCUT2D eigenvalue weighted by Crippen LogP contribution is 2.26. The van der Waals surface area contributed by atoms with Gasteiger partial charge in [-0.1, -0.05) is 54.8 Å². The Balaban J connectivity index is 1.95. The van der Waals surface area contributed by atoms with E-state index >= 15 is 0 Å². The zero-order valence-electron chi connectivity index (χ0n) is 22.8. The number of carbonyl (C=O) groups is 2. The van der Waals surface area contributed by atoms with Gasteiger partial charge in [-0.25, -0.2) is 4.31 Å². The van der Waals surface area contributed by atoms with Gasteiger partial charge in [0.15, 0.2) is 0 Å². The summed E-state index contributed by atoms with van der Waals surface area (Å²) in [5, 5.41) is 3.09. The Morgan fingerprint density at radius 1 is 0.973 bits per heavy atom. The molecule has 0 bridgehead atoms. The van der Waals surface area contributed by atoms with Crippen LogP contribution in [0.1, 0.15) is 54.9 Å².